The van der Waals surface area contributed by atoms with Crippen molar-refractivity contribution in [3.63, 3.8) is 0 Å². The summed E-state index contributed by atoms with van der Waals surface area (Å²) in [6.07, 6.45) is 3.86. The summed E-state index contributed by atoms with van der Waals surface area (Å²) in [4.78, 5) is 0. The molecular formula is C15H25N5. The zero-order chi connectivity index (χ0) is 14.7. The van der Waals surface area contributed by atoms with Crippen LogP contribution >= 0.6 is 0 Å². The Morgan fingerprint density at radius 3 is 2.70 bits per heavy atom. The van der Waals surface area contributed by atoms with Gasteiger partial charge in [-0.15, -0.1) is 0 Å². The van der Waals surface area contributed by atoms with Gasteiger partial charge in [0.05, 0.1) is 23.1 Å². The minimum atomic E-state index is -0.0589. The van der Waals surface area contributed by atoms with E-state index in [1.54, 1.807) is 0 Å². The van der Waals surface area contributed by atoms with Crippen LogP contribution in [0.15, 0.2) is 18.3 Å². The van der Waals surface area contributed by atoms with Crippen molar-refractivity contribution in [2.24, 2.45) is 5.73 Å². The molecule has 2 aromatic heterocycles. The highest BCUT2D eigenvalue weighted by atomic mass is 15.3. The first-order valence-electron chi connectivity index (χ1n) is 7.39. The minimum Gasteiger partial charge on any atom is -0.322 e. The summed E-state index contributed by atoms with van der Waals surface area (Å²) < 4.78 is 4.00. The van der Waals surface area contributed by atoms with E-state index in [9.17, 15) is 0 Å². The normalized spacial score (nSPS) is 14.4. The minimum absolute atomic E-state index is 0.0589. The summed E-state index contributed by atoms with van der Waals surface area (Å²) in [5.41, 5.74) is 9.47. The Morgan fingerprint density at radius 2 is 2.05 bits per heavy atom. The van der Waals surface area contributed by atoms with Crippen LogP contribution < -0.4 is 5.73 Å². The third kappa shape index (κ3) is 3.10. The van der Waals surface area contributed by atoms with Gasteiger partial charge >= 0.3 is 0 Å². The van der Waals surface area contributed by atoms with Gasteiger partial charge < -0.3 is 5.73 Å². The van der Waals surface area contributed by atoms with Gasteiger partial charge in [0, 0.05) is 25.2 Å². The lowest BCUT2D eigenvalue weighted by atomic mass is 10.1. The fourth-order valence-corrected chi connectivity index (χ4v) is 2.37. The van der Waals surface area contributed by atoms with E-state index in [0.717, 1.165) is 36.5 Å². The van der Waals surface area contributed by atoms with E-state index >= 15 is 0 Å². The molecule has 0 bridgehead atoms. The Kier molecular flexibility index (Phi) is 4.60. The van der Waals surface area contributed by atoms with Gasteiger partial charge in [0.15, 0.2) is 0 Å². The Balaban J connectivity index is 2.11. The maximum absolute atomic E-state index is 6.32. The largest absolute Gasteiger partial charge is 0.322 e. The van der Waals surface area contributed by atoms with Crippen LogP contribution in [0, 0.1) is 6.92 Å². The molecule has 0 fully saturated rings. The molecule has 0 spiro atoms. The summed E-state index contributed by atoms with van der Waals surface area (Å²) in [5.74, 6) is 0. The van der Waals surface area contributed by atoms with Gasteiger partial charge in [-0.05, 0) is 39.3 Å². The molecule has 0 saturated heterocycles. The van der Waals surface area contributed by atoms with Crippen molar-refractivity contribution < 1.29 is 0 Å². The van der Waals surface area contributed by atoms with Gasteiger partial charge in [-0.2, -0.15) is 10.2 Å². The van der Waals surface area contributed by atoms with Crippen LogP contribution in [0.25, 0.3) is 0 Å². The molecule has 5 nitrogen and oxygen atoms in total. The topological polar surface area (TPSA) is 61.7 Å². The first-order valence-corrected chi connectivity index (χ1v) is 7.39. The van der Waals surface area contributed by atoms with Crippen LogP contribution in [-0.2, 0) is 13.0 Å². The van der Waals surface area contributed by atoms with E-state index in [4.69, 9.17) is 5.73 Å². The maximum atomic E-state index is 6.32. The van der Waals surface area contributed by atoms with Crippen LogP contribution in [0.2, 0.25) is 0 Å². The van der Waals surface area contributed by atoms with E-state index in [1.807, 2.05) is 22.5 Å². The molecule has 2 atom stereocenters. The van der Waals surface area contributed by atoms with E-state index < -0.39 is 0 Å². The number of nitrogens with zero attached hydrogens (tertiary/aromatic N) is 4. The average Bonchev–Trinajstić information content (AvgIpc) is 3.04. The number of nitrogens with two attached hydrogens (primary N) is 1. The fraction of sp³-hybridized carbons (Fsp3) is 0.600. The molecule has 20 heavy (non-hydrogen) atoms. The highest BCUT2D eigenvalue weighted by Gasteiger charge is 2.15. The summed E-state index contributed by atoms with van der Waals surface area (Å²) in [6.45, 7) is 9.27. The maximum Gasteiger partial charge on any atom is 0.0644 e. The van der Waals surface area contributed by atoms with Gasteiger partial charge in [0.1, 0.15) is 0 Å². The molecule has 110 valence electrons. The van der Waals surface area contributed by atoms with Crippen LogP contribution in [0.1, 0.15) is 56.4 Å². The SMILES string of the molecule is CCC(C)n1ccc(CC(N)c2cc(C)nn2CC)n1. The second kappa shape index (κ2) is 6.22. The lowest BCUT2D eigenvalue weighted by molar-refractivity contribution is 0.470. The summed E-state index contributed by atoms with van der Waals surface area (Å²) >= 11 is 0. The number of rotatable bonds is 6. The zero-order valence-corrected chi connectivity index (χ0v) is 12.9. The average molecular weight is 275 g/mol. The van der Waals surface area contributed by atoms with Crippen LogP contribution in [0.4, 0.5) is 0 Å². The summed E-state index contributed by atoms with van der Waals surface area (Å²) in [5, 5.41) is 9.07. The molecule has 0 aromatic carbocycles. The van der Waals surface area contributed by atoms with Crippen molar-refractivity contribution in [3.8, 4) is 0 Å². The number of aryl methyl sites for hydroxylation is 2. The first kappa shape index (κ1) is 14.8. The Labute approximate surface area is 120 Å². The van der Waals surface area contributed by atoms with Crippen molar-refractivity contribution >= 4 is 0 Å². The van der Waals surface area contributed by atoms with Gasteiger partial charge in [-0.1, -0.05) is 6.92 Å². The number of aromatic nitrogens is 4. The third-order valence-corrected chi connectivity index (χ3v) is 3.75. The van der Waals surface area contributed by atoms with Gasteiger partial charge in [-0.25, -0.2) is 0 Å². The standard InChI is InChI=1S/C15H25N5/c1-5-12(4)20-8-7-13(18-20)10-14(16)15-9-11(3)17-19(15)6-2/h7-9,12,14H,5-6,10,16H2,1-4H3. The second-order valence-corrected chi connectivity index (χ2v) is 5.38. The van der Waals surface area contributed by atoms with Crippen LogP contribution in [0.3, 0.4) is 0 Å². The smallest absolute Gasteiger partial charge is 0.0644 e. The molecule has 0 aliphatic heterocycles. The monoisotopic (exact) mass is 275 g/mol. The lowest BCUT2D eigenvalue weighted by Gasteiger charge is -2.12. The number of hydrogen-bond acceptors (Lipinski definition) is 3. The fourth-order valence-electron chi connectivity index (χ4n) is 2.37. The van der Waals surface area contributed by atoms with Crippen molar-refractivity contribution in [1.82, 2.24) is 19.6 Å². The Bertz CT molecular complexity index is 554. The van der Waals surface area contributed by atoms with Crippen molar-refractivity contribution in [2.45, 2.75) is 59.2 Å². The zero-order valence-electron chi connectivity index (χ0n) is 12.9. The van der Waals surface area contributed by atoms with Gasteiger partial charge in [-0.3, -0.25) is 9.36 Å². The molecule has 0 aliphatic rings. The predicted molar refractivity (Wildman–Crippen MR) is 80.5 cm³/mol. The third-order valence-electron chi connectivity index (χ3n) is 3.75. The molecule has 0 amide bonds. The molecule has 2 aromatic rings. The molecule has 0 saturated carbocycles. The molecule has 2 unspecified atom stereocenters. The second-order valence-electron chi connectivity index (χ2n) is 5.38. The quantitative estimate of drug-likeness (QED) is 0.881. The van der Waals surface area contributed by atoms with E-state index in [2.05, 4.69) is 43.1 Å². The first-order chi connectivity index (χ1) is 9.55. The van der Waals surface area contributed by atoms with Gasteiger partial charge in [0.2, 0.25) is 0 Å². The molecular weight excluding hydrogens is 250 g/mol. The highest BCUT2D eigenvalue weighted by molar-refractivity contribution is 5.15. The van der Waals surface area contributed by atoms with Crippen LogP contribution in [-0.4, -0.2) is 19.6 Å². The van der Waals surface area contributed by atoms with E-state index in [-0.39, 0.29) is 6.04 Å². The van der Waals surface area contributed by atoms with Crippen molar-refractivity contribution in [1.29, 1.82) is 0 Å². The Hall–Kier alpha value is -1.62. The van der Waals surface area contributed by atoms with E-state index in [1.165, 1.54) is 0 Å². The predicted octanol–water partition coefficient (Wildman–Crippen LogP) is 2.62. The van der Waals surface area contributed by atoms with Crippen molar-refractivity contribution in [2.75, 3.05) is 0 Å². The molecule has 2 heterocycles. The van der Waals surface area contributed by atoms with Crippen molar-refractivity contribution in [3.05, 3.63) is 35.4 Å². The van der Waals surface area contributed by atoms with Gasteiger partial charge in [0.25, 0.3) is 0 Å². The summed E-state index contributed by atoms with van der Waals surface area (Å²) in [7, 11) is 0. The molecule has 5 heteroatoms. The van der Waals surface area contributed by atoms with E-state index in [0.29, 0.717) is 6.04 Å². The Morgan fingerprint density at radius 1 is 1.30 bits per heavy atom. The molecule has 0 radical (unpaired) electrons. The lowest BCUT2D eigenvalue weighted by Crippen LogP contribution is -2.18. The molecule has 2 rings (SSSR count). The van der Waals surface area contributed by atoms with Crippen LogP contribution in [0.5, 0.6) is 0 Å². The molecule has 2 N–H and O–H groups in total. The highest BCUT2D eigenvalue weighted by Crippen LogP contribution is 2.17. The summed E-state index contributed by atoms with van der Waals surface area (Å²) in [6, 6.07) is 4.51. The molecule has 0 aliphatic carbocycles. The number of hydrogen-bond donors (Lipinski definition) is 1.